The lowest BCUT2D eigenvalue weighted by molar-refractivity contribution is 0.186. The summed E-state index contributed by atoms with van der Waals surface area (Å²) in [5, 5.41) is 10.4. The molecule has 3 rings (SSSR count). The van der Waals surface area contributed by atoms with Gasteiger partial charge < -0.3 is 19.0 Å². The van der Waals surface area contributed by atoms with E-state index in [0.29, 0.717) is 24.7 Å². The Morgan fingerprint density at radius 3 is 2.65 bits per heavy atom. The highest BCUT2D eigenvalue weighted by Gasteiger charge is 2.18. The lowest BCUT2D eigenvalue weighted by Crippen LogP contribution is -2.00. The Balaban J connectivity index is 1.87. The topological polar surface area (TPSA) is 51.8 Å². The van der Waals surface area contributed by atoms with E-state index >= 15 is 0 Å². The molecule has 0 amide bonds. The first-order valence-electron chi connectivity index (χ1n) is 6.94. The molecule has 0 aliphatic carbocycles. The van der Waals surface area contributed by atoms with Gasteiger partial charge in [-0.1, -0.05) is 13.0 Å². The van der Waals surface area contributed by atoms with Gasteiger partial charge in [0.2, 0.25) is 0 Å². The van der Waals surface area contributed by atoms with E-state index in [4.69, 9.17) is 13.9 Å². The van der Waals surface area contributed by atoms with Gasteiger partial charge in [0.25, 0.3) is 0 Å². The summed E-state index contributed by atoms with van der Waals surface area (Å²) in [5.74, 6) is 2.83. The first-order chi connectivity index (χ1) is 9.78. The molecule has 4 heteroatoms. The van der Waals surface area contributed by atoms with Crippen molar-refractivity contribution in [1.82, 2.24) is 0 Å². The second kappa shape index (κ2) is 5.59. The molecule has 1 unspecified atom stereocenters. The zero-order valence-electron chi connectivity index (χ0n) is 11.5. The van der Waals surface area contributed by atoms with E-state index in [1.165, 1.54) is 0 Å². The number of aliphatic hydroxyl groups is 1. The lowest BCUT2D eigenvalue weighted by atomic mass is 10.1. The number of rotatable bonds is 3. The van der Waals surface area contributed by atoms with Crippen LogP contribution in [0.25, 0.3) is 0 Å². The summed E-state index contributed by atoms with van der Waals surface area (Å²) in [7, 11) is 0. The first-order valence-corrected chi connectivity index (χ1v) is 6.94. The van der Waals surface area contributed by atoms with E-state index in [-0.39, 0.29) is 0 Å². The molecular formula is C16H18O4. The van der Waals surface area contributed by atoms with Crippen molar-refractivity contribution in [3.63, 3.8) is 0 Å². The molecule has 0 saturated carbocycles. The molecule has 106 valence electrons. The quantitative estimate of drug-likeness (QED) is 0.934. The molecule has 1 aliphatic heterocycles. The Labute approximate surface area is 117 Å². The summed E-state index contributed by atoms with van der Waals surface area (Å²) in [5.41, 5.74) is 0.742. The lowest BCUT2D eigenvalue weighted by Gasteiger charge is -2.12. The number of aliphatic hydroxyl groups excluding tert-OH is 1. The molecule has 2 heterocycles. The van der Waals surface area contributed by atoms with E-state index in [1.54, 1.807) is 0 Å². The standard InChI is InChI=1S/C16H18O4/c1-2-12-5-7-14(20-12)16(17)11-4-6-13-15(10-11)19-9-3-8-18-13/h4-7,10,16-17H,2-3,8-9H2,1H3. The van der Waals surface area contributed by atoms with E-state index in [0.717, 1.165) is 29.9 Å². The van der Waals surface area contributed by atoms with Crippen LogP contribution in [-0.4, -0.2) is 18.3 Å². The minimum atomic E-state index is -0.785. The number of ether oxygens (including phenoxy) is 2. The summed E-state index contributed by atoms with van der Waals surface area (Å²) < 4.78 is 16.8. The molecule has 1 aromatic heterocycles. The van der Waals surface area contributed by atoms with Crippen LogP contribution in [0.5, 0.6) is 11.5 Å². The monoisotopic (exact) mass is 274 g/mol. The number of fused-ring (bicyclic) bond motifs is 1. The predicted octanol–water partition coefficient (Wildman–Crippen LogP) is 3.09. The molecule has 0 fully saturated rings. The van der Waals surface area contributed by atoms with Crippen LogP contribution in [0.3, 0.4) is 0 Å². The number of hydrogen-bond acceptors (Lipinski definition) is 4. The molecule has 0 radical (unpaired) electrons. The molecule has 1 atom stereocenters. The van der Waals surface area contributed by atoms with Crippen molar-refractivity contribution in [3.8, 4) is 11.5 Å². The van der Waals surface area contributed by atoms with E-state index < -0.39 is 6.10 Å². The summed E-state index contributed by atoms with van der Waals surface area (Å²) >= 11 is 0. The Bertz CT molecular complexity index is 588. The zero-order valence-corrected chi connectivity index (χ0v) is 11.5. The van der Waals surface area contributed by atoms with Gasteiger partial charge in [0.1, 0.15) is 17.6 Å². The smallest absolute Gasteiger partial charge is 0.161 e. The maximum Gasteiger partial charge on any atom is 0.161 e. The van der Waals surface area contributed by atoms with Gasteiger partial charge in [0.05, 0.1) is 13.2 Å². The summed E-state index contributed by atoms with van der Waals surface area (Å²) in [6.07, 6.45) is 0.894. The van der Waals surface area contributed by atoms with Crippen molar-refractivity contribution in [1.29, 1.82) is 0 Å². The largest absolute Gasteiger partial charge is 0.490 e. The molecule has 0 saturated heterocycles. The Morgan fingerprint density at radius 2 is 1.90 bits per heavy atom. The van der Waals surface area contributed by atoms with Crippen molar-refractivity contribution < 1.29 is 19.0 Å². The summed E-state index contributed by atoms with van der Waals surface area (Å²) in [6.45, 7) is 3.31. The van der Waals surface area contributed by atoms with Gasteiger partial charge in [0, 0.05) is 12.8 Å². The number of hydrogen-bond donors (Lipinski definition) is 1. The van der Waals surface area contributed by atoms with E-state index in [2.05, 4.69) is 0 Å². The number of furan rings is 1. The zero-order chi connectivity index (χ0) is 13.9. The van der Waals surface area contributed by atoms with Gasteiger partial charge >= 0.3 is 0 Å². The van der Waals surface area contributed by atoms with Crippen molar-refractivity contribution in [3.05, 3.63) is 47.4 Å². The van der Waals surface area contributed by atoms with Crippen molar-refractivity contribution in [2.75, 3.05) is 13.2 Å². The summed E-state index contributed by atoms with van der Waals surface area (Å²) in [6, 6.07) is 9.20. The molecule has 0 spiro atoms. The van der Waals surface area contributed by atoms with E-state index in [1.807, 2.05) is 37.3 Å². The fourth-order valence-electron chi connectivity index (χ4n) is 2.25. The third-order valence-electron chi connectivity index (χ3n) is 3.39. The van der Waals surface area contributed by atoms with Crippen LogP contribution in [0, 0.1) is 0 Å². The van der Waals surface area contributed by atoms with Crippen LogP contribution in [0.2, 0.25) is 0 Å². The third kappa shape index (κ3) is 2.51. The molecule has 1 N–H and O–H groups in total. The van der Waals surface area contributed by atoms with Crippen LogP contribution in [0.4, 0.5) is 0 Å². The van der Waals surface area contributed by atoms with Crippen molar-refractivity contribution >= 4 is 0 Å². The average Bonchev–Trinajstić information content (AvgIpc) is 2.84. The Morgan fingerprint density at radius 1 is 1.10 bits per heavy atom. The second-order valence-corrected chi connectivity index (χ2v) is 4.82. The maximum absolute atomic E-state index is 10.4. The van der Waals surface area contributed by atoms with Crippen molar-refractivity contribution in [2.45, 2.75) is 25.9 Å². The minimum absolute atomic E-state index is 0.552. The highest BCUT2D eigenvalue weighted by Crippen LogP contribution is 2.34. The van der Waals surface area contributed by atoms with E-state index in [9.17, 15) is 5.11 Å². The fourth-order valence-corrected chi connectivity index (χ4v) is 2.25. The third-order valence-corrected chi connectivity index (χ3v) is 3.39. The van der Waals surface area contributed by atoms with Crippen LogP contribution in [0.15, 0.2) is 34.7 Å². The van der Waals surface area contributed by atoms with Gasteiger partial charge in [-0.2, -0.15) is 0 Å². The van der Waals surface area contributed by atoms with Crippen LogP contribution in [0.1, 0.15) is 36.5 Å². The molecule has 1 aromatic carbocycles. The summed E-state index contributed by atoms with van der Waals surface area (Å²) in [4.78, 5) is 0. The Hall–Kier alpha value is -1.94. The molecule has 20 heavy (non-hydrogen) atoms. The highest BCUT2D eigenvalue weighted by atomic mass is 16.5. The van der Waals surface area contributed by atoms with Gasteiger partial charge in [-0.25, -0.2) is 0 Å². The normalized spacial score (nSPS) is 15.7. The average molecular weight is 274 g/mol. The van der Waals surface area contributed by atoms with Crippen LogP contribution >= 0.6 is 0 Å². The predicted molar refractivity (Wildman–Crippen MR) is 74.2 cm³/mol. The Kier molecular flexibility index (Phi) is 3.65. The number of aryl methyl sites for hydroxylation is 1. The van der Waals surface area contributed by atoms with Crippen molar-refractivity contribution in [2.24, 2.45) is 0 Å². The molecule has 4 nitrogen and oxygen atoms in total. The molecular weight excluding hydrogens is 256 g/mol. The molecule has 0 bridgehead atoms. The molecule has 1 aliphatic rings. The maximum atomic E-state index is 10.4. The van der Waals surface area contributed by atoms with Crippen LogP contribution < -0.4 is 9.47 Å². The minimum Gasteiger partial charge on any atom is -0.490 e. The molecule has 2 aromatic rings. The van der Waals surface area contributed by atoms with Gasteiger partial charge in [-0.15, -0.1) is 0 Å². The highest BCUT2D eigenvalue weighted by molar-refractivity contribution is 5.45. The van der Waals surface area contributed by atoms with Gasteiger partial charge in [0.15, 0.2) is 11.5 Å². The SMILES string of the molecule is CCc1ccc(C(O)c2ccc3c(c2)OCCCO3)o1. The van der Waals surface area contributed by atoms with Crippen LogP contribution in [-0.2, 0) is 6.42 Å². The number of benzene rings is 1. The second-order valence-electron chi connectivity index (χ2n) is 4.82. The fraction of sp³-hybridized carbons (Fsp3) is 0.375. The van der Waals surface area contributed by atoms with Gasteiger partial charge in [-0.05, 0) is 29.8 Å². The first kappa shape index (κ1) is 13.1. The van der Waals surface area contributed by atoms with Gasteiger partial charge in [-0.3, -0.25) is 0 Å².